The molecule has 0 amide bonds. The van der Waals surface area contributed by atoms with Gasteiger partial charge in [0.25, 0.3) is 0 Å². The number of rotatable bonds is 6. The van der Waals surface area contributed by atoms with Crippen LogP contribution >= 0.6 is 0 Å². The van der Waals surface area contributed by atoms with Crippen molar-refractivity contribution >= 4 is 5.97 Å². The van der Waals surface area contributed by atoms with Crippen molar-refractivity contribution in [2.45, 2.75) is 32.3 Å². The minimum Gasteiger partial charge on any atom is -0.476 e. The first-order chi connectivity index (χ1) is 9.63. The number of aromatic carboxylic acids is 1. The van der Waals surface area contributed by atoms with E-state index < -0.39 is 12.1 Å². The first kappa shape index (κ1) is 14.3. The monoisotopic (exact) mass is 274 g/mol. The number of nitrogens with zero attached hydrogens (tertiary/aromatic N) is 1. The number of aliphatic hydroxyl groups excluding tert-OH is 1. The van der Waals surface area contributed by atoms with Gasteiger partial charge >= 0.3 is 5.97 Å². The smallest absolute Gasteiger partial charge is 0.356 e. The number of nitrogens with one attached hydrogen (secondary N) is 1. The lowest BCUT2D eigenvalue weighted by Gasteiger charge is -2.11. The molecule has 1 heterocycles. The van der Waals surface area contributed by atoms with Crippen LogP contribution in [-0.2, 0) is 6.42 Å². The van der Waals surface area contributed by atoms with Crippen molar-refractivity contribution in [3.05, 3.63) is 53.1 Å². The number of benzene rings is 1. The lowest BCUT2D eigenvalue weighted by molar-refractivity contribution is 0.0685. The van der Waals surface area contributed by atoms with Crippen molar-refractivity contribution in [2.75, 3.05) is 0 Å². The Hall–Kier alpha value is -2.14. The number of unbranched alkanes of at least 4 members (excludes halogenated alkanes) is 1. The zero-order valence-electron chi connectivity index (χ0n) is 11.3. The summed E-state index contributed by atoms with van der Waals surface area (Å²) in [4.78, 5) is 17.4. The Balaban J connectivity index is 2.18. The van der Waals surface area contributed by atoms with Crippen LogP contribution < -0.4 is 0 Å². The van der Waals surface area contributed by atoms with Gasteiger partial charge in [-0.1, -0.05) is 37.6 Å². The van der Waals surface area contributed by atoms with Gasteiger partial charge in [0.2, 0.25) is 0 Å². The number of imidazole rings is 1. The number of hydrogen-bond acceptors (Lipinski definition) is 3. The molecule has 0 fully saturated rings. The van der Waals surface area contributed by atoms with Crippen molar-refractivity contribution in [2.24, 2.45) is 0 Å². The van der Waals surface area contributed by atoms with Crippen LogP contribution in [0.5, 0.6) is 0 Å². The molecule has 0 radical (unpaired) electrons. The van der Waals surface area contributed by atoms with Gasteiger partial charge in [-0.25, -0.2) is 9.78 Å². The maximum atomic E-state index is 11.0. The molecule has 1 unspecified atom stereocenters. The van der Waals surface area contributed by atoms with Gasteiger partial charge in [-0.2, -0.15) is 0 Å². The summed E-state index contributed by atoms with van der Waals surface area (Å²) in [6, 6.07) is 7.57. The number of carbonyl (C=O) groups is 1. The van der Waals surface area contributed by atoms with E-state index in [9.17, 15) is 9.90 Å². The summed E-state index contributed by atoms with van der Waals surface area (Å²) in [6.07, 6.45) is 3.55. The molecule has 20 heavy (non-hydrogen) atoms. The highest BCUT2D eigenvalue weighted by atomic mass is 16.4. The Kier molecular flexibility index (Phi) is 4.53. The predicted molar refractivity (Wildman–Crippen MR) is 74.7 cm³/mol. The van der Waals surface area contributed by atoms with Gasteiger partial charge in [0, 0.05) is 0 Å². The van der Waals surface area contributed by atoms with Crippen LogP contribution in [0.3, 0.4) is 0 Å². The first-order valence-electron chi connectivity index (χ1n) is 6.67. The molecule has 1 aromatic heterocycles. The van der Waals surface area contributed by atoms with Crippen LogP contribution in [-0.4, -0.2) is 26.2 Å². The number of carboxylic acids is 1. The van der Waals surface area contributed by atoms with Crippen LogP contribution in [0.2, 0.25) is 0 Å². The molecule has 0 saturated carbocycles. The molecule has 1 aromatic carbocycles. The zero-order chi connectivity index (χ0) is 14.5. The van der Waals surface area contributed by atoms with E-state index in [4.69, 9.17) is 5.11 Å². The van der Waals surface area contributed by atoms with Gasteiger partial charge in [0.15, 0.2) is 5.69 Å². The largest absolute Gasteiger partial charge is 0.476 e. The summed E-state index contributed by atoms with van der Waals surface area (Å²) < 4.78 is 0. The molecule has 5 heteroatoms. The summed E-state index contributed by atoms with van der Waals surface area (Å²) in [7, 11) is 0. The molecular weight excluding hydrogens is 256 g/mol. The summed E-state index contributed by atoms with van der Waals surface area (Å²) in [5.41, 5.74) is 1.93. The van der Waals surface area contributed by atoms with Crippen LogP contribution in [0, 0.1) is 0 Å². The number of aromatic nitrogens is 2. The Morgan fingerprint density at radius 1 is 1.35 bits per heavy atom. The predicted octanol–water partition coefficient (Wildman–Crippen LogP) is 2.53. The normalized spacial score (nSPS) is 12.3. The molecule has 106 valence electrons. The van der Waals surface area contributed by atoms with E-state index in [0.29, 0.717) is 5.56 Å². The highest BCUT2D eigenvalue weighted by molar-refractivity contribution is 5.86. The highest BCUT2D eigenvalue weighted by Crippen LogP contribution is 2.23. The van der Waals surface area contributed by atoms with Crippen LogP contribution in [0.1, 0.15) is 53.2 Å². The van der Waals surface area contributed by atoms with Gasteiger partial charge in [0.1, 0.15) is 6.10 Å². The fourth-order valence-electron chi connectivity index (χ4n) is 2.10. The van der Waals surface area contributed by atoms with E-state index in [2.05, 4.69) is 16.9 Å². The van der Waals surface area contributed by atoms with Crippen molar-refractivity contribution < 1.29 is 15.0 Å². The Morgan fingerprint density at radius 3 is 2.65 bits per heavy atom. The third kappa shape index (κ3) is 3.05. The molecule has 3 N–H and O–H groups in total. The summed E-state index contributed by atoms with van der Waals surface area (Å²) >= 11 is 0. The SMILES string of the molecule is CCCCc1ccc(C(O)c2[nH]cnc2C(=O)O)cc1. The molecule has 2 aromatic rings. The third-order valence-corrected chi connectivity index (χ3v) is 3.26. The lowest BCUT2D eigenvalue weighted by atomic mass is 10.0. The standard InChI is InChI=1S/C15H18N2O3/c1-2-3-4-10-5-7-11(8-6-10)14(18)12-13(15(19)20)17-9-16-12/h5-9,14,18H,2-4H2,1H3,(H,16,17)(H,19,20). The number of hydrogen-bond donors (Lipinski definition) is 3. The average Bonchev–Trinajstić information content (AvgIpc) is 2.94. The summed E-state index contributed by atoms with van der Waals surface area (Å²) in [6.45, 7) is 2.14. The van der Waals surface area contributed by atoms with Gasteiger partial charge in [-0.3, -0.25) is 0 Å². The average molecular weight is 274 g/mol. The maximum Gasteiger partial charge on any atom is 0.356 e. The third-order valence-electron chi connectivity index (χ3n) is 3.26. The minimum atomic E-state index is -1.15. The quantitative estimate of drug-likeness (QED) is 0.755. The summed E-state index contributed by atoms with van der Waals surface area (Å²) in [5, 5.41) is 19.2. The van der Waals surface area contributed by atoms with E-state index >= 15 is 0 Å². The molecule has 0 saturated heterocycles. The second kappa shape index (κ2) is 6.34. The first-order valence-corrected chi connectivity index (χ1v) is 6.67. The van der Waals surface area contributed by atoms with Crippen LogP contribution in [0.15, 0.2) is 30.6 Å². The number of H-pyrrole nitrogens is 1. The van der Waals surface area contributed by atoms with Gasteiger partial charge in [-0.05, 0) is 24.0 Å². The lowest BCUT2D eigenvalue weighted by Crippen LogP contribution is -2.08. The molecule has 0 aliphatic heterocycles. The second-order valence-corrected chi connectivity index (χ2v) is 4.72. The van der Waals surface area contributed by atoms with Crippen molar-refractivity contribution in [1.82, 2.24) is 9.97 Å². The Morgan fingerprint density at radius 2 is 2.05 bits per heavy atom. The Bertz CT molecular complexity index is 575. The molecule has 0 aliphatic rings. The molecule has 0 bridgehead atoms. The minimum absolute atomic E-state index is 0.146. The highest BCUT2D eigenvalue weighted by Gasteiger charge is 2.21. The van der Waals surface area contributed by atoms with Gasteiger partial charge < -0.3 is 15.2 Å². The molecule has 1 atom stereocenters. The van der Waals surface area contributed by atoms with Crippen LogP contribution in [0.25, 0.3) is 0 Å². The molecule has 2 rings (SSSR count). The Labute approximate surface area is 117 Å². The molecule has 0 aliphatic carbocycles. The topological polar surface area (TPSA) is 86.2 Å². The van der Waals surface area contributed by atoms with Crippen molar-refractivity contribution in [3.63, 3.8) is 0 Å². The van der Waals surface area contributed by atoms with E-state index in [1.54, 1.807) is 0 Å². The zero-order valence-corrected chi connectivity index (χ0v) is 11.3. The van der Waals surface area contributed by atoms with Crippen LogP contribution in [0.4, 0.5) is 0 Å². The van der Waals surface area contributed by atoms with Crippen molar-refractivity contribution in [3.8, 4) is 0 Å². The molecule has 0 spiro atoms. The molecule has 5 nitrogen and oxygen atoms in total. The van der Waals surface area contributed by atoms with Gasteiger partial charge in [-0.15, -0.1) is 0 Å². The van der Waals surface area contributed by atoms with Crippen molar-refractivity contribution in [1.29, 1.82) is 0 Å². The van der Waals surface area contributed by atoms with E-state index in [0.717, 1.165) is 19.3 Å². The number of aliphatic hydroxyl groups is 1. The fraction of sp³-hybridized carbons (Fsp3) is 0.333. The second-order valence-electron chi connectivity index (χ2n) is 4.72. The maximum absolute atomic E-state index is 11.0. The fourth-order valence-corrected chi connectivity index (χ4v) is 2.10. The number of aryl methyl sites for hydroxylation is 1. The van der Waals surface area contributed by atoms with E-state index in [-0.39, 0.29) is 11.4 Å². The van der Waals surface area contributed by atoms with E-state index in [1.807, 2.05) is 24.3 Å². The van der Waals surface area contributed by atoms with E-state index in [1.165, 1.54) is 11.9 Å². The number of carboxylic acid groups (broad SMARTS) is 1. The summed E-state index contributed by atoms with van der Waals surface area (Å²) in [5.74, 6) is -1.15. The van der Waals surface area contributed by atoms with Gasteiger partial charge in [0.05, 0.1) is 12.0 Å². The number of aromatic amines is 1. The molecular formula is C15H18N2O3.